The standard InChI is InChI=1S/C62H62BN3S/c1-37-21-23-39(24-22-37)64-51-32-42(65(40-17-13-11-14-18-40)41-19-15-12-16-20-41)25-26-43(51)44-31-38(2)54-45-33-47-49(61(7,8)29-27-59(47,3)4)35-52(45)66-56-46-34-48-50(62(9,10)30-28-60(48,5)6)36-53(46)67-58(56)63-55(44)57(54)66/h11-26,31-36,63-64H,27-30H2,1-10H3. The van der Waals surface area contributed by atoms with Crippen molar-refractivity contribution in [2.24, 2.45) is 0 Å². The van der Waals surface area contributed by atoms with Gasteiger partial charge in [0.25, 0.3) is 0 Å². The molecule has 0 amide bonds. The van der Waals surface area contributed by atoms with Gasteiger partial charge in [0, 0.05) is 60.4 Å². The summed E-state index contributed by atoms with van der Waals surface area (Å²) in [6.45, 7) is 24.3. The van der Waals surface area contributed by atoms with Gasteiger partial charge in [0.1, 0.15) is 0 Å². The maximum Gasteiger partial charge on any atom is 0.211 e. The lowest BCUT2D eigenvalue weighted by Gasteiger charge is -2.42. The third-order valence-corrected chi connectivity index (χ3v) is 17.6. The molecule has 1 aliphatic heterocycles. The Labute approximate surface area is 402 Å². The first-order valence-corrected chi connectivity index (χ1v) is 25.5. The smallest absolute Gasteiger partial charge is 0.211 e. The van der Waals surface area contributed by atoms with Crippen molar-refractivity contribution in [3.05, 3.63) is 167 Å². The summed E-state index contributed by atoms with van der Waals surface area (Å²) in [7, 11) is 0.886. The average Bonchev–Trinajstić information content (AvgIpc) is 3.84. The molecule has 2 aliphatic carbocycles. The van der Waals surface area contributed by atoms with Crippen molar-refractivity contribution < 1.29 is 0 Å². The molecule has 12 rings (SSSR count). The molecule has 0 bridgehead atoms. The highest BCUT2D eigenvalue weighted by Gasteiger charge is 2.41. The SMILES string of the molecule is Cc1ccc(Nc2cc(N(c3ccccc3)c3ccccc3)ccc2-c2cc(C)c3c4cc5c(cc4n4c3c2Bc2sc3cc6c(cc3c2-4)C(C)(C)CCC6(C)C)C(C)(C)CCC5(C)C)cc1. The minimum Gasteiger partial charge on any atom is -0.355 e. The van der Waals surface area contributed by atoms with E-state index in [0.29, 0.717) is 0 Å². The number of thiophene rings is 1. The topological polar surface area (TPSA) is 20.2 Å². The van der Waals surface area contributed by atoms with E-state index in [2.05, 4.69) is 217 Å². The van der Waals surface area contributed by atoms with Gasteiger partial charge in [-0.1, -0.05) is 122 Å². The van der Waals surface area contributed by atoms with Crippen LogP contribution in [-0.2, 0) is 21.7 Å². The van der Waals surface area contributed by atoms with Crippen LogP contribution in [0.5, 0.6) is 0 Å². The maximum atomic E-state index is 3.99. The first kappa shape index (κ1) is 42.3. The van der Waals surface area contributed by atoms with E-state index >= 15 is 0 Å². The van der Waals surface area contributed by atoms with Gasteiger partial charge in [0.05, 0.1) is 11.2 Å². The summed E-state index contributed by atoms with van der Waals surface area (Å²) in [5.74, 6) is 0. The van der Waals surface area contributed by atoms with Gasteiger partial charge in [0.15, 0.2) is 0 Å². The molecule has 0 unspecified atom stereocenters. The first-order valence-electron chi connectivity index (χ1n) is 24.6. The van der Waals surface area contributed by atoms with Gasteiger partial charge in [-0.15, -0.1) is 11.3 Å². The van der Waals surface area contributed by atoms with E-state index in [1.807, 2.05) is 11.3 Å². The second-order valence-electron chi connectivity index (χ2n) is 22.9. The largest absolute Gasteiger partial charge is 0.355 e. The van der Waals surface area contributed by atoms with E-state index in [-0.39, 0.29) is 21.7 Å². The Morgan fingerprint density at radius 3 is 1.70 bits per heavy atom. The average molecular weight is 892 g/mol. The van der Waals surface area contributed by atoms with Crippen LogP contribution in [0.1, 0.15) is 114 Å². The molecule has 0 radical (unpaired) electrons. The second kappa shape index (κ2) is 14.7. The molecule has 7 aromatic carbocycles. The molecule has 0 atom stereocenters. The molecule has 3 aliphatic rings. The number of nitrogens with zero attached hydrogens (tertiary/aromatic N) is 2. The van der Waals surface area contributed by atoms with E-state index in [4.69, 9.17) is 0 Å². The highest BCUT2D eigenvalue weighted by Crippen LogP contribution is 2.52. The van der Waals surface area contributed by atoms with Crippen molar-refractivity contribution in [3.8, 4) is 16.8 Å². The predicted octanol–water partition coefficient (Wildman–Crippen LogP) is 15.9. The number of aryl methyl sites for hydroxylation is 2. The molecule has 0 saturated carbocycles. The predicted molar refractivity (Wildman–Crippen MR) is 292 cm³/mol. The van der Waals surface area contributed by atoms with Crippen molar-refractivity contribution in [2.45, 2.75) is 117 Å². The molecule has 67 heavy (non-hydrogen) atoms. The van der Waals surface area contributed by atoms with Crippen LogP contribution in [0.4, 0.5) is 28.4 Å². The summed E-state index contributed by atoms with van der Waals surface area (Å²) in [4.78, 5) is 2.37. The van der Waals surface area contributed by atoms with E-state index in [9.17, 15) is 0 Å². The summed E-state index contributed by atoms with van der Waals surface area (Å²) in [5.41, 5.74) is 22.8. The van der Waals surface area contributed by atoms with Gasteiger partial charge in [-0.2, -0.15) is 0 Å². The zero-order valence-corrected chi connectivity index (χ0v) is 41.9. The lowest BCUT2D eigenvalue weighted by atomic mass is 9.62. The Morgan fingerprint density at radius 2 is 1.10 bits per heavy atom. The fraction of sp³-hybridized carbons (Fsp3) is 0.290. The maximum absolute atomic E-state index is 3.99. The van der Waals surface area contributed by atoms with Crippen molar-refractivity contribution in [3.63, 3.8) is 0 Å². The molecular formula is C62H62BN3S. The number of hydrogen-bond acceptors (Lipinski definition) is 3. The number of anilines is 5. The molecule has 9 aromatic rings. The van der Waals surface area contributed by atoms with E-state index in [0.717, 1.165) is 35.7 Å². The van der Waals surface area contributed by atoms with Gasteiger partial charge in [0.2, 0.25) is 7.28 Å². The Kier molecular flexibility index (Phi) is 9.31. The molecule has 0 spiro atoms. The Hall–Kier alpha value is -6.04. The monoisotopic (exact) mass is 891 g/mol. The minimum atomic E-state index is 0.0907. The second-order valence-corrected chi connectivity index (χ2v) is 24.0. The fourth-order valence-corrected chi connectivity index (χ4v) is 13.5. The van der Waals surface area contributed by atoms with Gasteiger partial charge in [-0.25, -0.2) is 0 Å². The lowest BCUT2D eigenvalue weighted by molar-refractivity contribution is 0.332. The third-order valence-electron chi connectivity index (χ3n) is 16.5. The van der Waals surface area contributed by atoms with E-state index in [1.165, 1.54) is 118 Å². The van der Waals surface area contributed by atoms with Crippen molar-refractivity contribution in [1.29, 1.82) is 0 Å². The number of fused-ring (bicyclic) bond motifs is 9. The lowest BCUT2D eigenvalue weighted by Crippen LogP contribution is -2.35. The Bertz CT molecular complexity index is 3440. The third kappa shape index (κ3) is 6.58. The van der Waals surface area contributed by atoms with E-state index < -0.39 is 0 Å². The molecule has 0 saturated heterocycles. The summed E-state index contributed by atoms with van der Waals surface area (Å²) in [5, 5.41) is 8.21. The normalized spacial score (nSPS) is 17.2. The zero-order chi connectivity index (χ0) is 46.4. The van der Waals surface area contributed by atoms with Crippen LogP contribution < -0.4 is 20.5 Å². The molecule has 0 fully saturated rings. The number of para-hydroxylation sites is 2. The number of benzene rings is 7. The minimum absolute atomic E-state index is 0.0907. The highest BCUT2D eigenvalue weighted by atomic mass is 32.1. The molecule has 334 valence electrons. The van der Waals surface area contributed by atoms with Crippen LogP contribution in [0.25, 0.3) is 48.7 Å². The Morgan fingerprint density at radius 1 is 0.552 bits per heavy atom. The van der Waals surface area contributed by atoms with Crippen LogP contribution in [-0.4, -0.2) is 11.8 Å². The van der Waals surface area contributed by atoms with Crippen LogP contribution in [0.15, 0.2) is 133 Å². The fourth-order valence-electron chi connectivity index (χ4n) is 12.3. The number of rotatable bonds is 6. The number of nitrogens with one attached hydrogen (secondary N) is 1. The molecular weight excluding hydrogens is 830 g/mol. The Balaban J connectivity index is 1.16. The number of hydrogen-bond donors (Lipinski definition) is 1. The van der Waals surface area contributed by atoms with Crippen molar-refractivity contribution in [1.82, 2.24) is 4.57 Å². The van der Waals surface area contributed by atoms with Gasteiger partial charge >= 0.3 is 0 Å². The van der Waals surface area contributed by atoms with Gasteiger partial charge < -0.3 is 14.8 Å². The zero-order valence-electron chi connectivity index (χ0n) is 41.0. The van der Waals surface area contributed by atoms with Gasteiger partial charge in [-0.05, 0) is 178 Å². The summed E-state index contributed by atoms with van der Waals surface area (Å²) >= 11 is 2.04. The van der Waals surface area contributed by atoms with Crippen molar-refractivity contribution in [2.75, 3.05) is 10.2 Å². The quantitative estimate of drug-likeness (QED) is 0.168. The number of aromatic nitrogens is 1. The summed E-state index contributed by atoms with van der Waals surface area (Å²) < 4.78 is 5.64. The molecule has 3 heterocycles. The van der Waals surface area contributed by atoms with Crippen LogP contribution in [0, 0.1) is 13.8 Å². The molecule has 3 nitrogen and oxygen atoms in total. The van der Waals surface area contributed by atoms with Crippen LogP contribution in [0.2, 0.25) is 0 Å². The highest BCUT2D eigenvalue weighted by molar-refractivity contribution is 7.29. The van der Waals surface area contributed by atoms with Crippen LogP contribution in [0.3, 0.4) is 0 Å². The molecule has 2 aromatic heterocycles. The van der Waals surface area contributed by atoms with Gasteiger partial charge in [-0.3, -0.25) is 0 Å². The molecule has 1 N–H and O–H groups in total. The molecule has 5 heteroatoms. The summed E-state index contributed by atoms with van der Waals surface area (Å²) in [6.07, 6.45) is 4.80. The van der Waals surface area contributed by atoms with Crippen molar-refractivity contribution >= 4 is 89.2 Å². The van der Waals surface area contributed by atoms with Crippen LogP contribution >= 0.6 is 11.3 Å². The van der Waals surface area contributed by atoms with E-state index in [1.54, 1.807) is 0 Å². The first-order chi connectivity index (χ1) is 32.0. The summed E-state index contributed by atoms with van der Waals surface area (Å²) in [6, 6.07) is 50.5.